The lowest BCUT2D eigenvalue weighted by molar-refractivity contribution is 0.709. The number of rotatable bonds is 6. The second-order valence-electron chi connectivity index (χ2n) is 6.12. The van der Waals surface area contributed by atoms with E-state index >= 15 is 0 Å². The summed E-state index contributed by atoms with van der Waals surface area (Å²) >= 11 is 1.80. The van der Waals surface area contributed by atoms with Crippen LogP contribution in [-0.4, -0.2) is 28.4 Å². The van der Waals surface area contributed by atoms with Gasteiger partial charge in [-0.3, -0.25) is 0 Å². The van der Waals surface area contributed by atoms with Crippen LogP contribution >= 0.6 is 35.3 Å². The largest absolute Gasteiger partial charge is 0.357 e. The van der Waals surface area contributed by atoms with Gasteiger partial charge in [0.05, 0.1) is 12.2 Å². The number of imidazole rings is 1. The second kappa shape index (κ2) is 9.91. The molecule has 0 saturated carbocycles. The van der Waals surface area contributed by atoms with E-state index in [0.29, 0.717) is 12.5 Å². The van der Waals surface area contributed by atoms with Crippen molar-refractivity contribution in [2.45, 2.75) is 33.2 Å². The Morgan fingerprint density at radius 3 is 2.81 bits per heavy atom. The minimum atomic E-state index is 0. The van der Waals surface area contributed by atoms with Crippen LogP contribution in [0.1, 0.15) is 36.0 Å². The normalized spacial score (nSPS) is 12.7. The molecule has 0 aliphatic rings. The first-order valence-electron chi connectivity index (χ1n) is 8.66. The maximum Gasteiger partial charge on any atom is 0.191 e. The molecule has 0 amide bonds. The van der Waals surface area contributed by atoms with Crippen molar-refractivity contribution in [2.24, 2.45) is 4.99 Å². The van der Waals surface area contributed by atoms with Gasteiger partial charge in [-0.15, -0.1) is 35.3 Å². The third kappa shape index (κ3) is 5.20. The summed E-state index contributed by atoms with van der Waals surface area (Å²) in [5.41, 5.74) is 3.11. The fraction of sp³-hybridized carbons (Fsp3) is 0.368. The van der Waals surface area contributed by atoms with Crippen molar-refractivity contribution in [1.82, 2.24) is 20.0 Å². The predicted molar refractivity (Wildman–Crippen MR) is 121 cm³/mol. The van der Waals surface area contributed by atoms with Crippen molar-refractivity contribution in [2.75, 3.05) is 13.1 Å². The van der Waals surface area contributed by atoms with Crippen LogP contribution in [0.15, 0.2) is 46.9 Å². The average Bonchev–Trinajstić information content (AvgIpc) is 3.27. The Bertz CT molecular complexity index is 841. The quantitative estimate of drug-likeness (QED) is 0.314. The molecule has 5 nitrogen and oxygen atoms in total. The number of nitrogens with zero attached hydrogens (tertiary/aromatic N) is 3. The van der Waals surface area contributed by atoms with Crippen LogP contribution < -0.4 is 10.6 Å². The fourth-order valence-electron chi connectivity index (χ4n) is 2.70. The SMILES string of the molecule is CCNC(=NCc1cn2c(C)cccc2n1)NCC(C)c1cccs1.I. The lowest BCUT2D eigenvalue weighted by Crippen LogP contribution is -2.39. The van der Waals surface area contributed by atoms with Gasteiger partial charge in [-0.1, -0.05) is 19.1 Å². The number of aliphatic imine (C=N–C) groups is 1. The molecule has 7 heteroatoms. The van der Waals surface area contributed by atoms with E-state index in [1.54, 1.807) is 11.3 Å². The van der Waals surface area contributed by atoms with Gasteiger partial charge in [0, 0.05) is 35.8 Å². The van der Waals surface area contributed by atoms with Gasteiger partial charge in [0.15, 0.2) is 5.96 Å². The van der Waals surface area contributed by atoms with Crippen molar-refractivity contribution >= 4 is 46.9 Å². The summed E-state index contributed by atoms with van der Waals surface area (Å²) in [6, 6.07) is 10.4. The van der Waals surface area contributed by atoms with Gasteiger partial charge in [-0.25, -0.2) is 9.98 Å². The van der Waals surface area contributed by atoms with Crippen LogP contribution in [0.2, 0.25) is 0 Å². The third-order valence-electron chi connectivity index (χ3n) is 4.09. The molecular formula is C19H26IN5S. The molecule has 0 bridgehead atoms. The number of nitrogens with one attached hydrogen (secondary N) is 2. The topological polar surface area (TPSA) is 53.7 Å². The molecule has 3 rings (SSSR count). The summed E-state index contributed by atoms with van der Waals surface area (Å²) in [6.07, 6.45) is 2.06. The number of halogens is 1. The zero-order valence-corrected chi connectivity index (χ0v) is 18.5. The first kappa shape index (κ1) is 20.7. The monoisotopic (exact) mass is 483 g/mol. The number of thiophene rings is 1. The molecule has 1 atom stereocenters. The van der Waals surface area contributed by atoms with Crippen molar-refractivity contribution in [1.29, 1.82) is 0 Å². The van der Waals surface area contributed by atoms with E-state index in [2.05, 4.69) is 75.6 Å². The molecule has 0 fully saturated rings. The molecule has 0 spiro atoms. The molecule has 0 radical (unpaired) electrons. The summed E-state index contributed by atoms with van der Waals surface area (Å²) in [6.45, 7) is 8.64. The highest BCUT2D eigenvalue weighted by Gasteiger charge is 2.08. The molecule has 0 saturated heterocycles. The number of aryl methyl sites for hydroxylation is 1. The van der Waals surface area contributed by atoms with Crippen molar-refractivity contribution in [3.63, 3.8) is 0 Å². The molecule has 0 aliphatic carbocycles. The van der Waals surface area contributed by atoms with Crippen molar-refractivity contribution in [3.8, 4) is 0 Å². The second-order valence-corrected chi connectivity index (χ2v) is 7.10. The van der Waals surface area contributed by atoms with E-state index in [-0.39, 0.29) is 24.0 Å². The smallest absolute Gasteiger partial charge is 0.191 e. The van der Waals surface area contributed by atoms with Crippen LogP contribution in [0.25, 0.3) is 5.65 Å². The van der Waals surface area contributed by atoms with E-state index in [0.717, 1.165) is 30.4 Å². The Hall–Kier alpha value is -1.61. The van der Waals surface area contributed by atoms with Gasteiger partial charge in [0.2, 0.25) is 0 Å². The van der Waals surface area contributed by atoms with Gasteiger partial charge in [0.1, 0.15) is 5.65 Å². The summed E-state index contributed by atoms with van der Waals surface area (Å²) in [7, 11) is 0. The zero-order chi connectivity index (χ0) is 17.6. The van der Waals surface area contributed by atoms with E-state index in [9.17, 15) is 0 Å². The molecular weight excluding hydrogens is 457 g/mol. The number of aromatic nitrogens is 2. The lowest BCUT2D eigenvalue weighted by atomic mass is 10.1. The fourth-order valence-corrected chi connectivity index (χ4v) is 3.49. The summed E-state index contributed by atoms with van der Waals surface area (Å²) < 4.78 is 2.10. The predicted octanol–water partition coefficient (Wildman–Crippen LogP) is 4.18. The number of guanidine groups is 1. The third-order valence-corrected chi connectivity index (χ3v) is 5.20. The van der Waals surface area contributed by atoms with E-state index < -0.39 is 0 Å². The number of hydrogen-bond donors (Lipinski definition) is 2. The Morgan fingerprint density at radius 2 is 2.12 bits per heavy atom. The maximum absolute atomic E-state index is 4.68. The summed E-state index contributed by atoms with van der Waals surface area (Å²) in [4.78, 5) is 10.7. The molecule has 26 heavy (non-hydrogen) atoms. The number of fused-ring (bicyclic) bond motifs is 1. The maximum atomic E-state index is 4.68. The van der Waals surface area contributed by atoms with Crippen LogP contribution in [0.5, 0.6) is 0 Å². The zero-order valence-electron chi connectivity index (χ0n) is 15.4. The van der Waals surface area contributed by atoms with E-state index in [4.69, 9.17) is 0 Å². The van der Waals surface area contributed by atoms with Gasteiger partial charge < -0.3 is 15.0 Å². The molecule has 3 aromatic heterocycles. The Morgan fingerprint density at radius 1 is 1.27 bits per heavy atom. The summed E-state index contributed by atoms with van der Waals surface area (Å²) in [5.74, 6) is 1.29. The van der Waals surface area contributed by atoms with E-state index in [1.165, 1.54) is 10.6 Å². The Kier molecular flexibility index (Phi) is 7.89. The highest BCUT2D eigenvalue weighted by Crippen LogP contribution is 2.19. The average molecular weight is 483 g/mol. The minimum absolute atomic E-state index is 0. The van der Waals surface area contributed by atoms with Gasteiger partial charge in [-0.2, -0.15) is 0 Å². The first-order chi connectivity index (χ1) is 12.2. The lowest BCUT2D eigenvalue weighted by Gasteiger charge is -2.14. The Balaban J connectivity index is 0.00000243. The molecule has 0 aliphatic heterocycles. The highest BCUT2D eigenvalue weighted by molar-refractivity contribution is 14.0. The minimum Gasteiger partial charge on any atom is -0.357 e. The van der Waals surface area contributed by atoms with Crippen molar-refractivity contribution in [3.05, 3.63) is 58.2 Å². The van der Waals surface area contributed by atoms with Crippen LogP contribution in [0, 0.1) is 6.92 Å². The number of hydrogen-bond acceptors (Lipinski definition) is 3. The highest BCUT2D eigenvalue weighted by atomic mass is 127. The molecule has 2 N–H and O–H groups in total. The van der Waals surface area contributed by atoms with Gasteiger partial charge in [0.25, 0.3) is 0 Å². The van der Waals surface area contributed by atoms with Crippen LogP contribution in [0.3, 0.4) is 0 Å². The molecule has 3 heterocycles. The number of pyridine rings is 1. The standard InChI is InChI=1S/C19H25N5S.HI/c1-4-20-19(21-11-14(2)17-8-6-10-25-17)22-12-16-13-24-15(3)7-5-9-18(24)23-16;/h5-10,13-14H,4,11-12H2,1-3H3,(H2,20,21,22);1H. The van der Waals surface area contributed by atoms with Gasteiger partial charge in [-0.05, 0) is 37.4 Å². The van der Waals surface area contributed by atoms with E-state index in [1.807, 2.05) is 12.1 Å². The Labute approximate surface area is 176 Å². The van der Waals surface area contributed by atoms with Crippen LogP contribution in [-0.2, 0) is 6.54 Å². The molecule has 140 valence electrons. The first-order valence-corrected chi connectivity index (χ1v) is 9.54. The molecule has 0 aromatic carbocycles. The molecule has 3 aromatic rings. The molecule has 1 unspecified atom stereocenters. The van der Waals surface area contributed by atoms with Gasteiger partial charge >= 0.3 is 0 Å². The van der Waals surface area contributed by atoms with Crippen molar-refractivity contribution < 1.29 is 0 Å². The summed E-state index contributed by atoms with van der Waals surface area (Å²) in [5, 5.41) is 8.86. The van der Waals surface area contributed by atoms with Crippen LogP contribution in [0.4, 0.5) is 0 Å².